The molecule has 0 bridgehead atoms. The molecule has 1 aliphatic heterocycles. The second kappa shape index (κ2) is 7.27. The minimum atomic E-state index is -4.42. The Hall–Kier alpha value is -3.29. The number of rotatable bonds is 4. The fourth-order valence-electron chi connectivity index (χ4n) is 3.36. The third-order valence-electron chi connectivity index (χ3n) is 4.83. The molecule has 0 saturated carbocycles. The highest BCUT2D eigenvalue weighted by Crippen LogP contribution is 2.33. The second-order valence-electron chi connectivity index (χ2n) is 6.87. The smallest absolute Gasteiger partial charge is 0.416 e. The lowest BCUT2D eigenvalue weighted by Gasteiger charge is -2.32. The highest BCUT2D eigenvalue weighted by Gasteiger charge is 2.34. The maximum Gasteiger partial charge on any atom is 0.416 e. The molecule has 0 spiro atoms. The van der Waals surface area contributed by atoms with Gasteiger partial charge in [-0.25, -0.2) is 0 Å². The minimum absolute atomic E-state index is 0.129. The lowest BCUT2D eigenvalue weighted by molar-refractivity contribution is -0.137. The summed E-state index contributed by atoms with van der Waals surface area (Å²) in [5.41, 5.74) is 0.680. The number of hydrogen-bond donors (Lipinski definition) is 0. The van der Waals surface area contributed by atoms with E-state index in [0.717, 1.165) is 12.1 Å². The maximum atomic E-state index is 13.1. The molecule has 1 amide bonds. The van der Waals surface area contributed by atoms with Crippen molar-refractivity contribution in [3.63, 3.8) is 0 Å². The van der Waals surface area contributed by atoms with Crippen LogP contribution in [-0.2, 0) is 12.8 Å². The molecule has 0 unspecified atom stereocenters. The van der Waals surface area contributed by atoms with Crippen molar-refractivity contribution in [2.75, 3.05) is 11.4 Å². The predicted octanol–water partition coefficient (Wildman–Crippen LogP) is 4.70. The summed E-state index contributed by atoms with van der Waals surface area (Å²) >= 11 is 0. The van der Waals surface area contributed by atoms with Crippen LogP contribution in [0.15, 0.2) is 60.8 Å². The Bertz CT molecular complexity index is 1010. The lowest BCUT2D eigenvalue weighted by Crippen LogP contribution is -2.43. The molecule has 2 aromatic carbocycles. The summed E-state index contributed by atoms with van der Waals surface area (Å²) in [6, 6.07) is 13.7. The first-order valence-electron chi connectivity index (χ1n) is 9.08. The average molecular weight is 401 g/mol. The van der Waals surface area contributed by atoms with Gasteiger partial charge in [-0.2, -0.15) is 18.3 Å². The highest BCUT2D eigenvalue weighted by atomic mass is 19.4. The van der Waals surface area contributed by atoms with Gasteiger partial charge in [-0.3, -0.25) is 9.48 Å². The van der Waals surface area contributed by atoms with Crippen LogP contribution in [0.5, 0.6) is 5.75 Å². The average Bonchev–Trinajstić information content (AvgIpc) is 3.14. The monoisotopic (exact) mass is 401 g/mol. The molecule has 0 saturated heterocycles. The Kier molecular flexibility index (Phi) is 4.77. The van der Waals surface area contributed by atoms with Crippen LogP contribution in [0.1, 0.15) is 34.6 Å². The molecule has 1 atom stereocenters. The zero-order valence-corrected chi connectivity index (χ0v) is 15.6. The van der Waals surface area contributed by atoms with Crippen LogP contribution >= 0.6 is 0 Å². The van der Waals surface area contributed by atoms with Gasteiger partial charge in [0, 0.05) is 17.8 Å². The van der Waals surface area contributed by atoms with Crippen molar-refractivity contribution in [2.24, 2.45) is 0 Å². The first kappa shape index (κ1) is 19.0. The number of para-hydroxylation sites is 1. The number of alkyl halides is 3. The van der Waals surface area contributed by atoms with Crippen LogP contribution in [-0.4, -0.2) is 22.2 Å². The number of ether oxygens (including phenoxy) is 1. The van der Waals surface area contributed by atoms with Crippen LogP contribution in [0.4, 0.5) is 18.9 Å². The van der Waals surface area contributed by atoms with Gasteiger partial charge in [-0.1, -0.05) is 18.2 Å². The normalized spacial score (nSPS) is 16.6. The molecule has 2 heterocycles. The van der Waals surface area contributed by atoms with E-state index in [9.17, 15) is 18.0 Å². The van der Waals surface area contributed by atoms with Gasteiger partial charge in [0.15, 0.2) is 0 Å². The minimum Gasteiger partial charge on any atom is -0.489 e. The molecule has 8 heteroatoms. The van der Waals surface area contributed by atoms with E-state index in [1.165, 1.54) is 17.0 Å². The van der Waals surface area contributed by atoms with Crippen LogP contribution < -0.4 is 9.64 Å². The Morgan fingerprint density at radius 3 is 2.45 bits per heavy atom. The Morgan fingerprint density at radius 2 is 1.79 bits per heavy atom. The molecule has 5 nitrogen and oxygen atoms in total. The molecule has 0 radical (unpaired) electrons. The van der Waals surface area contributed by atoms with Crippen molar-refractivity contribution >= 4 is 11.6 Å². The second-order valence-corrected chi connectivity index (χ2v) is 6.87. The topological polar surface area (TPSA) is 47.4 Å². The third kappa shape index (κ3) is 3.70. The Balaban J connectivity index is 1.60. The predicted molar refractivity (Wildman–Crippen MR) is 101 cm³/mol. The van der Waals surface area contributed by atoms with Gasteiger partial charge in [0.25, 0.3) is 5.91 Å². The molecule has 3 aromatic rings. The van der Waals surface area contributed by atoms with Gasteiger partial charge in [-0.05, 0) is 43.3 Å². The largest absolute Gasteiger partial charge is 0.489 e. The fourth-order valence-corrected chi connectivity index (χ4v) is 3.36. The summed E-state index contributed by atoms with van der Waals surface area (Å²) in [5, 5.41) is 4.32. The lowest BCUT2D eigenvalue weighted by atomic mass is 10.1. The number of carbonyl (C=O) groups excluding carboxylic acids is 1. The van der Waals surface area contributed by atoms with E-state index in [1.807, 2.05) is 37.3 Å². The van der Waals surface area contributed by atoms with Crippen LogP contribution in [0.25, 0.3) is 0 Å². The van der Waals surface area contributed by atoms with E-state index < -0.39 is 11.7 Å². The number of nitrogens with zero attached hydrogens (tertiary/aromatic N) is 3. The summed E-state index contributed by atoms with van der Waals surface area (Å²) in [4.78, 5) is 14.6. The summed E-state index contributed by atoms with van der Waals surface area (Å²) in [5.74, 6) is 0.357. The standard InChI is InChI=1S/C21H18F3N3O2/c1-14-12-26(17-9-7-16(8-10-17)21(22,23)24)20(28)19-15(11-25-27(14)19)13-29-18-5-3-2-4-6-18/h2-11,14H,12-13H2,1H3/t14-/m0/s1. The molecule has 4 rings (SSSR count). The molecule has 0 aliphatic carbocycles. The number of hydrogen-bond acceptors (Lipinski definition) is 3. The molecule has 1 aliphatic rings. The van der Waals surface area contributed by atoms with Crippen molar-refractivity contribution in [3.05, 3.63) is 77.6 Å². The number of benzene rings is 2. The first-order valence-corrected chi connectivity index (χ1v) is 9.08. The number of aromatic nitrogens is 2. The van der Waals surface area contributed by atoms with Gasteiger partial charge >= 0.3 is 6.18 Å². The highest BCUT2D eigenvalue weighted by molar-refractivity contribution is 6.06. The van der Waals surface area contributed by atoms with Crippen molar-refractivity contribution in [2.45, 2.75) is 25.7 Å². The fraction of sp³-hybridized carbons (Fsp3) is 0.238. The Labute approximate surface area is 165 Å². The van der Waals surface area contributed by atoms with Crippen molar-refractivity contribution in [1.29, 1.82) is 0 Å². The number of halogens is 3. The van der Waals surface area contributed by atoms with E-state index in [-0.39, 0.29) is 18.6 Å². The number of fused-ring (bicyclic) bond motifs is 1. The maximum absolute atomic E-state index is 13.1. The van der Waals surface area contributed by atoms with Gasteiger partial charge in [0.2, 0.25) is 0 Å². The van der Waals surface area contributed by atoms with E-state index in [2.05, 4.69) is 5.10 Å². The van der Waals surface area contributed by atoms with E-state index >= 15 is 0 Å². The molecule has 0 N–H and O–H groups in total. The van der Waals surface area contributed by atoms with Gasteiger partial charge in [0.05, 0.1) is 17.8 Å². The summed E-state index contributed by atoms with van der Waals surface area (Å²) < 4.78 is 45.9. The van der Waals surface area contributed by atoms with Crippen molar-refractivity contribution in [3.8, 4) is 5.75 Å². The number of anilines is 1. The third-order valence-corrected chi connectivity index (χ3v) is 4.83. The number of amides is 1. The molecule has 1 aromatic heterocycles. The zero-order valence-electron chi connectivity index (χ0n) is 15.6. The van der Waals surface area contributed by atoms with Crippen LogP contribution in [0.2, 0.25) is 0 Å². The summed E-state index contributed by atoms with van der Waals surface area (Å²) in [6.07, 6.45) is -2.82. The molecule has 29 heavy (non-hydrogen) atoms. The molecular formula is C21H18F3N3O2. The number of carbonyl (C=O) groups is 1. The van der Waals surface area contributed by atoms with Crippen molar-refractivity contribution in [1.82, 2.24) is 9.78 Å². The Morgan fingerprint density at radius 1 is 1.10 bits per heavy atom. The first-order chi connectivity index (χ1) is 13.8. The van der Waals surface area contributed by atoms with E-state index in [4.69, 9.17) is 4.74 Å². The van der Waals surface area contributed by atoms with Gasteiger partial charge < -0.3 is 9.64 Å². The van der Waals surface area contributed by atoms with Gasteiger partial charge in [-0.15, -0.1) is 0 Å². The zero-order chi connectivity index (χ0) is 20.6. The summed E-state index contributed by atoms with van der Waals surface area (Å²) in [7, 11) is 0. The van der Waals surface area contributed by atoms with E-state index in [1.54, 1.807) is 10.9 Å². The van der Waals surface area contributed by atoms with E-state index in [0.29, 0.717) is 29.2 Å². The molecule has 0 fully saturated rings. The summed E-state index contributed by atoms with van der Waals surface area (Å²) in [6.45, 7) is 2.39. The van der Waals surface area contributed by atoms with Crippen molar-refractivity contribution < 1.29 is 22.7 Å². The SMILES string of the molecule is C[C@H]1CN(c2ccc(C(F)(F)F)cc2)C(=O)c2c(COc3ccccc3)cnn21. The quantitative estimate of drug-likeness (QED) is 0.637. The van der Waals surface area contributed by atoms with Crippen LogP contribution in [0, 0.1) is 0 Å². The van der Waals surface area contributed by atoms with Crippen LogP contribution in [0.3, 0.4) is 0 Å². The molecule has 150 valence electrons. The molecular weight excluding hydrogens is 383 g/mol. The van der Waals surface area contributed by atoms with Gasteiger partial charge in [0.1, 0.15) is 18.1 Å².